The number of anilines is 1. The first kappa shape index (κ1) is 18.3. The Labute approximate surface area is 156 Å². The molecule has 1 aliphatic rings. The van der Waals surface area contributed by atoms with Crippen LogP contribution in [-0.2, 0) is 6.54 Å². The summed E-state index contributed by atoms with van der Waals surface area (Å²) in [5.41, 5.74) is 3.62. The second-order valence-corrected chi connectivity index (χ2v) is 6.79. The number of guanidine groups is 1. The number of nitrogens with zero attached hydrogens (tertiary/aromatic N) is 5. The summed E-state index contributed by atoms with van der Waals surface area (Å²) in [5, 5.41) is 8.02. The van der Waals surface area contributed by atoms with Gasteiger partial charge in [-0.15, -0.1) is 0 Å². The third-order valence-electron chi connectivity index (χ3n) is 4.85. The van der Waals surface area contributed by atoms with E-state index in [1.807, 2.05) is 14.0 Å². The second kappa shape index (κ2) is 8.74. The van der Waals surface area contributed by atoms with E-state index in [-0.39, 0.29) is 0 Å². The number of aliphatic imine (C=N–C) groups is 1. The molecule has 6 nitrogen and oxygen atoms in total. The first-order valence-electron chi connectivity index (χ1n) is 9.44. The molecule has 0 atom stereocenters. The molecule has 0 aliphatic carbocycles. The molecule has 0 bridgehead atoms. The fourth-order valence-electron chi connectivity index (χ4n) is 3.48. The van der Waals surface area contributed by atoms with Crippen LogP contribution < -0.4 is 10.2 Å². The Hall–Kier alpha value is -2.50. The molecule has 140 valence electrons. The van der Waals surface area contributed by atoms with Gasteiger partial charge in [0.15, 0.2) is 5.96 Å². The van der Waals surface area contributed by atoms with Gasteiger partial charge in [-0.3, -0.25) is 9.67 Å². The quantitative estimate of drug-likeness (QED) is 0.508. The number of aromatic nitrogens is 2. The van der Waals surface area contributed by atoms with E-state index < -0.39 is 0 Å². The van der Waals surface area contributed by atoms with Gasteiger partial charge < -0.3 is 15.1 Å². The summed E-state index contributed by atoms with van der Waals surface area (Å²) >= 11 is 0. The Morgan fingerprint density at radius 3 is 2.46 bits per heavy atom. The van der Waals surface area contributed by atoms with Crippen LogP contribution in [-0.4, -0.2) is 60.4 Å². The predicted octanol–water partition coefficient (Wildman–Crippen LogP) is 2.29. The Morgan fingerprint density at radius 1 is 1.12 bits per heavy atom. The molecule has 26 heavy (non-hydrogen) atoms. The molecule has 0 radical (unpaired) electrons. The van der Waals surface area contributed by atoms with Crippen LogP contribution in [0.3, 0.4) is 0 Å². The van der Waals surface area contributed by atoms with Crippen molar-refractivity contribution in [2.24, 2.45) is 4.99 Å². The van der Waals surface area contributed by atoms with Crippen LogP contribution in [0.4, 0.5) is 5.69 Å². The number of piperazine rings is 1. The number of hydrogen-bond acceptors (Lipinski definition) is 3. The number of benzene rings is 1. The SMILES string of the molecule is CN=C(NCCCn1nc(C)cc1C)N1CCN(c2ccccc2)CC1. The Balaban J connectivity index is 1.43. The van der Waals surface area contributed by atoms with Crippen molar-refractivity contribution < 1.29 is 0 Å². The van der Waals surface area contributed by atoms with Crippen molar-refractivity contribution in [3.8, 4) is 0 Å². The zero-order valence-electron chi connectivity index (χ0n) is 16.1. The topological polar surface area (TPSA) is 48.7 Å². The number of hydrogen-bond donors (Lipinski definition) is 1. The van der Waals surface area contributed by atoms with E-state index in [0.29, 0.717) is 0 Å². The van der Waals surface area contributed by atoms with Gasteiger partial charge in [-0.1, -0.05) is 18.2 Å². The molecule has 2 heterocycles. The maximum absolute atomic E-state index is 4.52. The molecule has 1 fully saturated rings. The van der Waals surface area contributed by atoms with Crippen LogP contribution in [0.5, 0.6) is 0 Å². The van der Waals surface area contributed by atoms with Crippen molar-refractivity contribution in [1.29, 1.82) is 0 Å². The van der Waals surface area contributed by atoms with Crippen molar-refractivity contribution in [1.82, 2.24) is 20.0 Å². The van der Waals surface area contributed by atoms with Gasteiger partial charge in [0.1, 0.15) is 0 Å². The lowest BCUT2D eigenvalue weighted by Crippen LogP contribution is -2.52. The number of aryl methyl sites for hydroxylation is 3. The molecule has 3 rings (SSSR count). The Bertz CT molecular complexity index is 713. The largest absolute Gasteiger partial charge is 0.368 e. The van der Waals surface area contributed by atoms with Crippen molar-refractivity contribution in [3.63, 3.8) is 0 Å². The first-order chi connectivity index (χ1) is 12.7. The van der Waals surface area contributed by atoms with E-state index >= 15 is 0 Å². The minimum atomic E-state index is 0.907. The zero-order valence-corrected chi connectivity index (χ0v) is 16.1. The predicted molar refractivity (Wildman–Crippen MR) is 108 cm³/mol. The highest BCUT2D eigenvalue weighted by atomic mass is 15.3. The molecule has 1 aromatic carbocycles. The van der Waals surface area contributed by atoms with E-state index in [2.05, 4.69) is 73.2 Å². The van der Waals surface area contributed by atoms with Crippen molar-refractivity contribution in [3.05, 3.63) is 47.8 Å². The maximum atomic E-state index is 4.52. The van der Waals surface area contributed by atoms with Crippen LogP contribution in [0.15, 0.2) is 41.4 Å². The van der Waals surface area contributed by atoms with Gasteiger partial charge in [-0.25, -0.2) is 0 Å². The molecular formula is C20H30N6. The van der Waals surface area contributed by atoms with Crippen molar-refractivity contribution in [2.45, 2.75) is 26.8 Å². The van der Waals surface area contributed by atoms with Crippen LogP contribution in [0, 0.1) is 13.8 Å². The molecule has 1 aromatic heterocycles. The molecule has 0 amide bonds. The fourth-order valence-corrected chi connectivity index (χ4v) is 3.48. The molecule has 0 spiro atoms. The summed E-state index contributed by atoms with van der Waals surface area (Å²) in [4.78, 5) is 9.25. The third-order valence-corrected chi connectivity index (χ3v) is 4.85. The van der Waals surface area contributed by atoms with E-state index in [4.69, 9.17) is 0 Å². The lowest BCUT2D eigenvalue weighted by molar-refractivity contribution is 0.371. The number of rotatable bonds is 5. The maximum Gasteiger partial charge on any atom is 0.193 e. The highest BCUT2D eigenvalue weighted by Crippen LogP contribution is 2.15. The first-order valence-corrected chi connectivity index (χ1v) is 9.44. The molecule has 1 aliphatic heterocycles. The fraction of sp³-hybridized carbons (Fsp3) is 0.500. The van der Waals surface area contributed by atoms with Gasteiger partial charge in [-0.2, -0.15) is 5.10 Å². The van der Waals surface area contributed by atoms with Crippen LogP contribution in [0.25, 0.3) is 0 Å². The van der Waals surface area contributed by atoms with Crippen LogP contribution >= 0.6 is 0 Å². The third kappa shape index (κ3) is 4.56. The average molecular weight is 355 g/mol. The Morgan fingerprint density at radius 2 is 1.85 bits per heavy atom. The van der Waals surface area contributed by atoms with Gasteiger partial charge in [-0.05, 0) is 38.5 Å². The molecule has 1 N–H and O–H groups in total. The minimum Gasteiger partial charge on any atom is -0.368 e. The van der Waals surface area contributed by atoms with Crippen LogP contribution in [0.2, 0.25) is 0 Å². The van der Waals surface area contributed by atoms with Crippen molar-refractivity contribution >= 4 is 11.6 Å². The van der Waals surface area contributed by atoms with Crippen LogP contribution in [0.1, 0.15) is 17.8 Å². The summed E-state index contributed by atoms with van der Waals surface area (Å²) in [6.07, 6.45) is 1.03. The molecule has 0 unspecified atom stereocenters. The van der Waals surface area contributed by atoms with Gasteiger partial charge in [0.05, 0.1) is 5.69 Å². The lowest BCUT2D eigenvalue weighted by atomic mass is 10.2. The van der Waals surface area contributed by atoms with E-state index in [0.717, 1.165) is 57.3 Å². The van der Waals surface area contributed by atoms with E-state index in [1.54, 1.807) is 0 Å². The summed E-state index contributed by atoms with van der Waals surface area (Å²) < 4.78 is 2.08. The van der Waals surface area contributed by atoms with Gasteiger partial charge >= 0.3 is 0 Å². The van der Waals surface area contributed by atoms with Gasteiger partial charge in [0.2, 0.25) is 0 Å². The van der Waals surface area contributed by atoms with Crippen molar-refractivity contribution in [2.75, 3.05) is 44.7 Å². The highest BCUT2D eigenvalue weighted by molar-refractivity contribution is 5.80. The minimum absolute atomic E-state index is 0.907. The van der Waals surface area contributed by atoms with E-state index in [1.165, 1.54) is 11.4 Å². The summed E-state index contributed by atoms with van der Waals surface area (Å²) in [5.74, 6) is 1.01. The second-order valence-electron chi connectivity index (χ2n) is 6.79. The zero-order chi connectivity index (χ0) is 18.4. The average Bonchev–Trinajstić information content (AvgIpc) is 3.00. The Kier molecular flexibility index (Phi) is 6.15. The lowest BCUT2D eigenvalue weighted by Gasteiger charge is -2.37. The monoisotopic (exact) mass is 354 g/mol. The number of nitrogens with one attached hydrogen (secondary N) is 1. The summed E-state index contributed by atoms with van der Waals surface area (Å²) in [6, 6.07) is 12.8. The molecule has 0 saturated carbocycles. The van der Waals surface area contributed by atoms with Gasteiger partial charge in [0, 0.05) is 57.7 Å². The standard InChI is InChI=1S/C20H30N6/c1-17-16-18(2)26(23-17)11-7-10-22-20(21-3)25-14-12-24(13-15-25)19-8-5-4-6-9-19/h4-6,8-9,16H,7,10-15H2,1-3H3,(H,21,22). The normalized spacial score (nSPS) is 15.4. The highest BCUT2D eigenvalue weighted by Gasteiger charge is 2.19. The summed E-state index contributed by atoms with van der Waals surface area (Å²) in [7, 11) is 1.87. The molecule has 2 aromatic rings. The smallest absolute Gasteiger partial charge is 0.193 e. The summed E-state index contributed by atoms with van der Waals surface area (Å²) in [6.45, 7) is 10.0. The molecule has 1 saturated heterocycles. The van der Waals surface area contributed by atoms with E-state index in [9.17, 15) is 0 Å². The van der Waals surface area contributed by atoms with Gasteiger partial charge in [0.25, 0.3) is 0 Å². The number of para-hydroxylation sites is 1. The molecular weight excluding hydrogens is 324 g/mol. The molecule has 6 heteroatoms.